The highest BCUT2D eigenvalue weighted by atomic mass is 127. The third-order valence-corrected chi connectivity index (χ3v) is 1.23. The van der Waals surface area contributed by atoms with Crippen LogP contribution in [-0.4, -0.2) is 34.8 Å². The Hall–Kier alpha value is -0.500. The summed E-state index contributed by atoms with van der Waals surface area (Å²) in [7, 11) is 0. The third kappa shape index (κ3) is 6.64. The number of hydrogen-bond donors (Lipinski definition) is 1. The highest BCUT2D eigenvalue weighted by molar-refractivity contribution is 14.0. The number of hydrogen-bond acceptors (Lipinski definition) is 4. The van der Waals surface area contributed by atoms with Crippen molar-refractivity contribution in [2.75, 3.05) is 6.54 Å². The summed E-state index contributed by atoms with van der Waals surface area (Å²) < 4.78 is 0. The molecule has 0 aliphatic carbocycles. The number of Topliss-reactive ketones (excluding diaryl/α,β-unsaturated/α-hetero) is 1. The van der Waals surface area contributed by atoms with Crippen LogP contribution in [0.15, 0.2) is 0 Å². The van der Waals surface area contributed by atoms with Crippen molar-refractivity contribution in [1.82, 2.24) is 5.06 Å². The second-order valence-corrected chi connectivity index (χ2v) is 2.23. The number of ketones is 1. The number of aldehydes is 1. The molecule has 0 aromatic carbocycles. The molecule has 5 nitrogen and oxygen atoms in total. The van der Waals surface area contributed by atoms with Gasteiger partial charge in [-0.05, 0) is 6.92 Å². The topological polar surface area (TPSA) is 74.7 Å². The Balaban J connectivity index is 0. The number of halogens is 1. The van der Waals surface area contributed by atoms with Crippen molar-refractivity contribution >= 4 is 42.0 Å². The maximum absolute atomic E-state index is 10.5. The average molecular weight is 301 g/mol. The molecule has 1 aliphatic heterocycles. The first kappa shape index (κ1) is 15.0. The molecule has 76 valence electrons. The van der Waals surface area contributed by atoms with E-state index in [0.29, 0.717) is 5.06 Å². The van der Waals surface area contributed by atoms with Crippen LogP contribution in [0.25, 0.3) is 0 Å². The van der Waals surface area contributed by atoms with Crippen LogP contribution in [-0.2, 0) is 14.4 Å². The zero-order chi connectivity index (χ0) is 9.56. The molecule has 0 saturated carbocycles. The van der Waals surface area contributed by atoms with Crippen molar-refractivity contribution in [1.29, 1.82) is 0 Å². The van der Waals surface area contributed by atoms with Crippen LogP contribution in [0, 0.1) is 0 Å². The fourth-order valence-corrected chi connectivity index (χ4v) is 0.710. The largest absolute Gasteiger partial charge is 0.304 e. The highest BCUT2D eigenvalue weighted by Crippen LogP contribution is 2.03. The Labute approximate surface area is 93.1 Å². The van der Waals surface area contributed by atoms with Gasteiger partial charge in [0, 0.05) is 12.8 Å². The summed E-state index contributed by atoms with van der Waals surface area (Å²) in [6.07, 6.45) is 1.17. The van der Waals surface area contributed by atoms with Gasteiger partial charge in [0.15, 0.2) is 5.78 Å². The Morgan fingerprint density at radius 2 is 1.85 bits per heavy atom. The molecular weight excluding hydrogens is 289 g/mol. The highest BCUT2D eigenvalue weighted by Gasteiger charge is 2.21. The van der Waals surface area contributed by atoms with E-state index in [0.717, 1.165) is 6.29 Å². The van der Waals surface area contributed by atoms with Crippen molar-refractivity contribution in [3.05, 3.63) is 0 Å². The lowest BCUT2D eigenvalue weighted by Crippen LogP contribution is -2.37. The van der Waals surface area contributed by atoms with Crippen LogP contribution in [0.2, 0.25) is 0 Å². The number of carbonyl (C=O) groups is 3. The number of amides is 1. The summed E-state index contributed by atoms with van der Waals surface area (Å²) in [5, 5.41) is 9.08. The fraction of sp³-hybridized carbons (Fsp3) is 0.571. The average Bonchev–Trinajstić information content (AvgIpc) is 1.99. The van der Waals surface area contributed by atoms with Crippen LogP contribution >= 0.6 is 24.0 Å². The van der Waals surface area contributed by atoms with E-state index in [2.05, 4.69) is 0 Å². The molecule has 0 spiro atoms. The molecular formula is C7H12INO4. The lowest BCUT2D eigenvalue weighted by atomic mass is 10.1. The molecule has 0 radical (unpaired) electrons. The molecule has 1 fully saturated rings. The minimum atomic E-state index is -0.366. The van der Waals surface area contributed by atoms with E-state index in [9.17, 15) is 9.59 Å². The summed E-state index contributed by atoms with van der Waals surface area (Å²) in [5.41, 5.74) is 0. The number of nitrogens with zero attached hydrogens (tertiary/aromatic N) is 1. The van der Waals surface area contributed by atoms with Gasteiger partial charge in [-0.1, -0.05) is 0 Å². The number of carbonyl (C=O) groups excluding carboxylic acids is 3. The summed E-state index contributed by atoms with van der Waals surface area (Å²) in [5.74, 6) is -0.452. The van der Waals surface area contributed by atoms with E-state index in [1.54, 1.807) is 0 Å². The van der Waals surface area contributed by atoms with E-state index < -0.39 is 0 Å². The monoisotopic (exact) mass is 301 g/mol. The van der Waals surface area contributed by atoms with E-state index in [1.165, 1.54) is 6.92 Å². The Morgan fingerprint density at radius 1 is 1.38 bits per heavy atom. The van der Waals surface area contributed by atoms with Gasteiger partial charge in [0.05, 0.1) is 0 Å². The first-order valence-electron chi connectivity index (χ1n) is 3.52. The quantitative estimate of drug-likeness (QED) is 0.399. The van der Waals surface area contributed by atoms with Crippen molar-refractivity contribution in [3.63, 3.8) is 0 Å². The molecule has 1 saturated heterocycles. The van der Waals surface area contributed by atoms with Gasteiger partial charge in [0.25, 0.3) is 0 Å². The van der Waals surface area contributed by atoms with Gasteiger partial charge in [-0.15, -0.1) is 24.0 Å². The Bertz CT molecular complexity index is 195. The maximum atomic E-state index is 10.5. The molecule has 0 bridgehead atoms. The van der Waals surface area contributed by atoms with Gasteiger partial charge >= 0.3 is 0 Å². The molecule has 1 aliphatic rings. The predicted molar refractivity (Wildman–Crippen MR) is 54.9 cm³/mol. The van der Waals surface area contributed by atoms with E-state index in [1.807, 2.05) is 0 Å². The van der Waals surface area contributed by atoms with Crippen LogP contribution in [0.1, 0.15) is 19.8 Å². The summed E-state index contributed by atoms with van der Waals surface area (Å²) in [4.78, 5) is 29.7. The zero-order valence-corrected chi connectivity index (χ0v) is 9.56. The summed E-state index contributed by atoms with van der Waals surface area (Å²) in [6, 6.07) is 0. The maximum Gasteiger partial charge on any atom is 0.246 e. The molecule has 1 amide bonds. The van der Waals surface area contributed by atoms with E-state index >= 15 is 0 Å². The van der Waals surface area contributed by atoms with Crippen LogP contribution in [0.5, 0.6) is 0 Å². The molecule has 0 atom stereocenters. The third-order valence-electron chi connectivity index (χ3n) is 1.23. The molecule has 0 aromatic heterocycles. The minimum absolute atomic E-state index is 0. The van der Waals surface area contributed by atoms with Crippen molar-refractivity contribution in [2.24, 2.45) is 0 Å². The van der Waals surface area contributed by atoms with E-state index in [4.69, 9.17) is 10.0 Å². The van der Waals surface area contributed by atoms with Gasteiger partial charge in [-0.2, -0.15) is 0 Å². The lowest BCUT2D eigenvalue weighted by Gasteiger charge is -2.17. The molecule has 13 heavy (non-hydrogen) atoms. The Morgan fingerprint density at radius 3 is 2.15 bits per heavy atom. The lowest BCUT2D eigenvalue weighted by molar-refractivity contribution is -0.173. The van der Waals surface area contributed by atoms with Crippen molar-refractivity contribution in [3.8, 4) is 0 Å². The van der Waals surface area contributed by atoms with Gasteiger partial charge in [-0.25, -0.2) is 5.06 Å². The van der Waals surface area contributed by atoms with Gasteiger partial charge < -0.3 is 4.79 Å². The standard InChI is InChI=1S/C5H7NO3.C2H4O.HI/c7-4-1-2-5(8)6(9)3-4;1-2-3;/h9H,1-3H2;2H,1H3;1H. The fourth-order valence-electron chi connectivity index (χ4n) is 0.710. The minimum Gasteiger partial charge on any atom is -0.304 e. The first-order valence-corrected chi connectivity index (χ1v) is 3.52. The molecule has 6 heteroatoms. The second-order valence-electron chi connectivity index (χ2n) is 2.23. The zero-order valence-electron chi connectivity index (χ0n) is 7.23. The second kappa shape index (κ2) is 8.11. The number of rotatable bonds is 0. The Kier molecular flexibility index (Phi) is 9.36. The summed E-state index contributed by atoms with van der Waals surface area (Å²) >= 11 is 0. The van der Waals surface area contributed by atoms with Gasteiger partial charge in [0.1, 0.15) is 12.8 Å². The molecule has 1 heterocycles. The predicted octanol–water partition coefficient (Wildman–Crippen LogP) is 0.390. The molecule has 1 rings (SSSR count). The van der Waals surface area contributed by atoms with Crippen LogP contribution in [0.4, 0.5) is 0 Å². The normalized spacial score (nSPS) is 15.4. The van der Waals surface area contributed by atoms with Crippen molar-refractivity contribution < 1.29 is 19.6 Å². The number of hydroxylamine groups is 2. The molecule has 1 N–H and O–H groups in total. The molecule has 0 unspecified atom stereocenters. The van der Waals surface area contributed by atoms with Crippen LogP contribution < -0.4 is 0 Å². The smallest absolute Gasteiger partial charge is 0.246 e. The van der Waals surface area contributed by atoms with Gasteiger partial charge in [0.2, 0.25) is 5.91 Å². The SMILES string of the molecule is CC=O.I.O=C1CCC(=O)N(O)C1. The number of piperidine rings is 1. The van der Waals surface area contributed by atoms with Crippen molar-refractivity contribution in [2.45, 2.75) is 19.8 Å². The molecule has 0 aromatic rings. The van der Waals surface area contributed by atoms with E-state index in [-0.39, 0.29) is 55.1 Å². The first-order chi connectivity index (χ1) is 5.61. The van der Waals surface area contributed by atoms with Gasteiger partial charge in [-0.3, -0.25) is 14.8 Å². The summed E-state index contributed by atoms with van der Waals surface area (Å²) in [6.45, 7) is 1.30. The van der Waals surface area contributed by atoms with Crippen LogP contribution in [0.3, 0.4) is 0 Å².